The van der Waals surface area contributed by atoms with Crippen LogP contribution in [-0.2, 0) is 4.74 Å². The molecular formula is C13H20N2O4. The molecule has 0 aliphatic carbocycles. The van der Waals surface area contributed by atoms with Gasteiger partial charge in [0.15, 0.2) is 5.76 Å². The molecule has 1 aliphatic rings. The third-order valence-electron chi connectivity index (χ3n) is 3.22. The predicted molar refractivity (Wildman–Crippen MR) is 68.9 cm³/mol. The van der Waals surface area contributed by atoms with Crippen LogP contribution in [0.3, 0.4) is 0 Å². The number of carbonyl (C=O) groups excluding carboxylic acids is 1. The molecule has 106 valence electrons. The lowest BCUT2D eigenvalue weighted by molar-refractivity contribution is -0.0123. The van der Waals surface area contributed by atoms with E-state index in [0.29, 0.717) is 38.6 Å². The maximum absolute atomic E-state index is 12.3. The van der Waals surface area contributed by atoms with E-state index in [4.69, 9.17) is 14.3 Å². The molecular weight excluding hydrogens is 248 g/mol. The van der Waals surface area contributed by atoms with Gasteiger partial charge < -0.3 is 24.1 Å². The fraction of sp³-hybridized carbons (Fsp3) is 0.615. The highest BCUT2D eigenvalue weighted by Gasteiger charge is 2.30. The summed E-state index contributed by atoms with van der Waals surface area (Å²) in [6.45, 7) is 2.99. The molecule has 2 rings (SSSR count). The first kappa shape index (κ1) is 14.0. The Balaban J connectivity index is 2.01. The van der Waals surface area contributed by atoms with Crippen molar-refractivity contribution in [3.8, 4) is 0 Å². The third kappa shape index (κ3) is 3.56. The van der Waals surface area contributed by atoms with E-state index < -0.39 is 0 Å². The van der Waals surface area contributed by atoms with Gasteiger partial charge in [-0.1, -0.05) is 0 Å². The predicted octanol–water partition coefficient (Wildman–Crippen LogP) is 0.0447. The van der Waals surface area contributed by atoms with Crippen molar-refractivity contribution >= 4 is 5.91 Å². The molecule has 1 aliphatic heterocycles. The van der Waals surface area contributed by atoms with E-state index in [0.717, 1.165) is 0 Å². The molecule has 2 heterocycles. The SMILES string of the molecule is CN(CCO)CC1COCCN1C(=O)c1ccco1. The minimum absolute atomic E-state index is 0.0112. The zero-order valence-corrected chi connectivity index (χ0v) is 11.1. The molecule has 1 unspecified atom stereocenters. The molecule has 1 N–H and O–H groups in total. The molecule has 1 aromatic heterocycles. The van der Waals surface area contributed by atoms with Crippen molar-refractivity contribution in [1.29, 1.82) is 0 Å². The fourth-order valence-electron chi connectivity index (χ4n) is 2.24. The van der Waals surface area contributed by atoms with Crippen molar-refractivity contribution in [2.45, 2.75) is 6.04 Å². The zero-order valence-electron chi connectivity index (χ0n) is 11.1. The second kappa shape index (κ2) is 6.70. The van der Waals surface area contributed by atoms with E-state index in [2.05, 4.69) is 0 Å². The Kier molecular flexibility index (Phi) is 4.95. The Hall–Kier alpha value is -1.37. The molecule has 0 bridgehead atoms. The summed E-state index contributed by atoms with van der Waals surface area (Å²) in [6.07, 6.45) is 1.50. The molecule has 1 atom stereocenters. The van der Waals surface area contributed by atoms with Crippen molar-refractivity contribution in [1.82, 2.24) is 9.80 Å². The highest BCUT2D eigenvalue weighted by Crippen LogP contribution is 2.13. The largest absolute Gasteiger partial charge is 0.459 e. The minimum atomic E-state index is -0.101. The number of furan rings is 1. The lowest BCUT2D eigenvalue weighted by atomic mass is 10.2. The fourth-order valence-corrected chi connectivity index (χ4v) is 2.24. The van der Waals surface area contributed by atoms with Gasteiger partial charge in [-0.2, -0.15) is 0 Å². The van der Waals surface area contributed by atoms with Gasteiger partial charge in [-0.15, -0.1) is 0 Å². The average molecular weight is 268 g/mol. The number of morpholine rings is 1. The number of hydrogen-bond donors (Lipinski definition) is 1. The molecule has 6 heteroatoms. The monoisotopic (exact) mass is 268 g/mol. The van der Waals surface area contributed by atoms with E-state index in [-0.39, 0.29) is 18.6 Å². The van der Waals surface area contributed by atoms with Crippen LogP contribution in [0.2, 0.25) is 0 Å². The van der Waals surface area contributed by atoms with Crippen molar-refractivity contribution in [3.05, 3.63) is 24.2 Å². The number of carbonyl (C=O) groups is 1. The zero-order chi connectivity index (χ0) is 13.7. The number of rotatable bonds is 5. The van der Waals surface area contributed by atoms with Crippen LogP contribution in [0.15, 0.2) is 22.8 Å². The van der Waals surface area contributed by atoms with E-state index in [9.17, 15) is 4.79 Å². The molecule has 0 saturated carbocycles. The molecule has 1 aromatic rings. The van der Waals surface area contributed by atoms with E-state index >= 15 is 0 Å². The van der Waals surface area contributed by atoms with Crippen molar-refractivity contribution in [3.63, 3.8) is 0 Å². The van der Waals surface area contributed by atoms with Crippen LogP contribution >= 0.6 is 0 Å². The Morgan fingerprint density at radius 2 is 2.47 bits per heavy atom. The maximum Gasteiger partial charge on any atom is 0.289 e. The van der Waals surface area contributed by atoms with Gasteiger partial charge in [-0.3, -0.25) is 4.79 Å². The lowest BCUT2D eigenvalue weighted by Crippen LogP contribution is -2.53. The lowest BCUT2D eigenvalue weighted by Gasteiger charge is -2.37. The van der Waals surface area contributed by atoms with Crippen LogP contribution in [-0.4, -0.2) is 73.4 Å². The van der Waals surface area contributed by atoms with Crippen LogP contribution < -0.4 is 0 Å². The molecule has 6 nitrogen and oxygen atoms in total. The molecule has 19 heavy (non-hydrogen) atoms. The first-order valence-corrected chi connectivity index (χ1v) is 6.44. The summed E-state index contributed by atoms with van der Waals surface area (Å²) in [7, 11) is 1.92. The molecule has 1 amide bonds. The van der Waals surface area contributed by atoms with E-state index in [1.54, 1.807) is 17.0 Å². The van der Waals surface area contributed by atoms with Gasteiger partial charge in [0.2, 0.25) is 0 Å². The van der Waals surface area contributed by atoms with Crippen LogP contribution in [0.25, 0.3) is 0 Å². The topological polar surface area (TPSA) is 66.2 Å². The highest BCUT2D eigenvalue weighted by molar-refractivity contribution is 5.91. The highest BCUT2D eigenvalue weighted by atomic mass is 16.5. The van der Waals surface area contributed by atoms with Gasteiger partial charge in [0.1, 0.15) is 0 Å². The molecule has 0 spiro atoms. The van der Waals surface area contributed by atoms with Gasteiger partial charge >= 0.3 is 0 Å². The Bertz CT molecular complexity index is 393. The normalized spacial score (nSPS) is 19.9. The van der Waals surface area contributed by atoms with Gasteiger partial charge in [0.05, 0.1) is 32.1 Å². The average Bonchev–Trinajstić information content (AvgIpc) is 2.93. The van der Waals surface area contributed by atoms with Crippen LogP contribution in [0.1, 0.15) is 10.6 Å². The molecule has 0 aromatic carbocycles. The number of aliphatic hydroxyl groups is 1. The Morgan fingerprint density at radius 3 is 3.16 bits per heavy atom. The second-order valence-electron chi connectivity index (χ2n) is 4.69. The van der Waals surface area contributed by atoms with Crippen LogP contribution in [0.5, 0.6) is 0 Å². The summed E-state index contributed by atoms with van der Waals surface area (Å²) < 4.78 is 10.6. The van der Waals surface area contributed by atoms with Gasteiger partial charge in [0.25, 0.3) is 5.91 Å². The van der Waals surface area contributed by atoms with Gasteiger partial charge in [0, 0.05) is 19.6 Å². The Morgan fingerprint density at radius 1 is 1.63 bits per heavy atom. The van der Waals surface area contributed by atoms with Gasteiger partial charge in [-0.25, -0.2) is 0 Å². The van der Waals surface area contributed by atoms with E-state index in [1.807, 2.05) is 11.9 Å². The third-order valence-corrected chi connectivity index (χ3v) is 3.22. The number of likely N-dealkylation sites (N-methyl/N-ethyl adjacent to an activating group) is 1. The summed E-state index contributed by atoms with van der Waals surface area (Å²) >= 11 is 0. The number of ether oxygens (including phenoxy) is 1. The first-order valence-electron chi connectivity index (χ1n) is 6.44. The van der Waals surface area contributed by atoms with Crippen molar-refractivity contribution in [2.75, 3.05) is 46.5 Å². The second-order valence-corrected chi connectivity index (χ2v) is 4.69. The number of amides is 1. The maximum atomic E-state index is 12.3. The van der Waals surface area contributed by atoms with Crippen molar-refractivity contribution < 1.29 is 19.1 Å². The number of aliphatic hydroxyl groups excluding tert-OH is 1. The van der Waals surface area contributed by atoms with Crippen LogP contribution in [0, 0.1) is 0 Å². The number of hydrogen-bond acceptors (Lipinski definition) is 5. The van der Waals surface area contributed by atoms with Gasteiger partial charge in [-0.05, 0) is 19.2 Å². The summed E-state index contributed by atoms with van der Waals surface area (Å²) in [6, 6.07) is 3.37. The quantitative estimate of drug-likeness (QED) is 0.817. The standard InChI is InChI=1S/C13H20N2O4/c1-14(4-6-16)9-11-10-18-8-5-15(11)13(17)12-3-2-7-19-12/h2-3,7,11,16H,4-6,8-10H2,1H3. The number of nitrogens with zero attached hydrogens (tertiary/aromatic N) is 2. The molecule has 0 radical (unpaired) electrons. The summed E-state index contributed by atoms with van der Waals surface area (Å²) in [5, 5.41) is 8.92. The summed E-state index contributed by atoms with van der Waals surface area (Å²) in [5.41, 5.74) is 0. The van der Waals surface area contributed by atoms with Crippen LogP contribution in [0.4, 0.5) is 0 Å². The summed E-state index contributed by atoms with van der Waals surface area (Å²) in [4.78, 5) is 16.1. The first-order chi connectivity index (χ1) is 9.22. The molecule has 1 fully saturated rings. The minimum Gasteiger partial charge on any atom is -0.459 e. The molecule has 1 saturated heterocycles. The Labute approximate surface area is 112 Å². The van der Waals surface area contributed by atoms with E-state index in [1.165, 1.54) is 6.26 Å². The van der Waals surface area contributed by atoms with Crippen molar-refractivity contribution in [2.24, 2.45) is 0 Å². The smallest absolute Gasteiger partial charge is 0.289 e. The summed E-state index contributed by atoms with van der Waals surface area (Å²) in [5.74, 6) is 0.257.